The maximum absolute atomic E-state index is 11.6. The van der Waals surface area contributed by atoms with E-state index in [0.717, 1.165) is 0 Å². The topological polar surface area (TPSA) is 58.2 Å². The Bertz CT molecular complexity index is 196. The number of rotatable bonds is 3. The fraction of sp³-hybridized carbons (Fsp3) is 0.714. The zero-order valence-electron chi connectivity index (χ0n) is 6.60. The molecule has 2 N–H and O–H groups in total. The molecular formula is C7H11FN2O2. The third-order valence-corrected chi connectivity index (χ3v) is 1.74. The molecule has 0 spiro atoms. The van der Waals surface area contributed by atoms with Crippen molar-refractivity contribution in [2.45, 2.75) is 6.42 Å². The second kappa shape index (κ2) is 4.04. The Labute approximate surface area is 69.5 Å². The van der Waals surface area contributed by atoms with Gasteiger partial charge in [-0.05, 0) is 0 Å². The Balaban J connectivity index is 2.28. The second-order valence-electron chi connectivity index (χ2n) is 2.69. The minimum Gasteiger partial charge on any atom is -0.355 e. The lowest BCUT2D eigenvalue weighted by molar-refractivity contribution is -0.126. The standard InChI is InChI=1S/C7H11FN2O2/c8-1-2-9-7(12)5-3-6(11)10-4-5/h5H,1-4H2,(H,9,12)(H,10,11). The van der Waals surface area contributed by atoms with Crippen LogP contribution in [0.2, 0.25) is 0 Å². The number of carbonyl (C=O) groups is 2. The molecule has 4 nitrogen and oxygen atoms in total. The predicted molar refractivity (Wildman–Crippen MR) is 40.1 cm³/mol. The van der Waals surface area contributed by atoms with Crippen LogP contribution in [0.4, 0.5) is 4.39 Å². The highest BCUT2D eigenvalue weighted by Crippen LogP contribution is 2.07. The first kappa shape index (κ1) is 8.96. The van der Waals surface area contributed by atoms with Crippen molar-refractivity contribution >= 4 is 11.8 Å². The summed E-state index contributed by atoms with van der Waals surface area (Å²) >= 11 is 0. The van der Waals surface area contributed by atoms with Gasteiger partial charge in [0.15, 0.2) is 0 Å². The first-order valence-electron chi connectivity index (χ1n) is 3.84. The van der Waals surface area contributed by atoms with Crippen LogP contribution in [0.25, 0.3) is 0 Å². The number of hydrogen-bond acceptors (Lipinski definition) is 2. The van der Waals surface area contributed by atoms with Gasteiger partial charge in [0.05, 0.1) is 5.92 Å². The van der Waals surface area contributed by atoms with E-state index in [1.807, 2.05) is 0 Å². The highest BCUT2D eigenvalue weighted by molar-refractivity contribution is 5.89. The minimum atomic E-state index is -0.570. The van der Waals surface area contributed by atoms with Crippen molar-refractivity contribution in [3.8, 4) is 0 Å². The van der Waals surface area contributed by atoms with Gasteiger partial charge in [-0.15, -0.1) is 0 Å². The Hall–Kier alpha value is -1.13. The first-order chi connectivity index (χ1) is 5.74. The van der Waals surface area contributed by atoms with Gasteiger partial charge < -0.3 is 10.6 Å². The molecule has 1 fully saturated rings. The smallest absolute Gasteiger partial charge is 0.225 e. The lowest BCUT2D eigenvalue weighted by atomic mass is 10.1. The zero-order valence-corrected chi connectivity index (χ0v) is 6.60. The molecule has 1 saturated heterocycles. The van der Waals surface area contributed by atoms with E-state index in [4.69, 9.17) is 0 Å². The molecule has 12 heavy (non-hydrogen) atoms. The molecule has 2 amide bonds. The van der Waals surface area contributed by atoms with Crippen LogP contribution in [0.3, 0.4) is 0 Å². The van der Waals surface area contributed by atoms with Gasteiger partial charge >= 0.3 is 0 Å². The Morgan fingerprint density at radius 1 is 1.75 bits per heavy atom. The van der Waals surface area contributed by atoms with Crippen molar-refractivity contribution in [3.05, 3.63) is 0 Å². The van der Waals surface area contributed by atoms with E-state index in [1.54, 1.807) is 0 Å². The molecule has 0 saturated carbocycles. The van der Waals surface area contributed by atoms with Crippen LogP contribution < -0.4 is 10.6 Å². The molecule has 1 atom stereocenters. The lowest BCUT2D eigenvalue weighted by Gasteiger charge is -2.06. The normalized spacial score (nSPS) is 22.1. The van der Waals surface area contributed by atoms with Crippen LogP contribution in [0.15, 0.2) is 0 Å². The molecule has 1 aliphatic heterocycles. The summed E-state index contributed by atoms with van der Waals surface area (Å²) < 4.78 is 11.6. The predicted octanol–water partition coefficient (Wildman–Crippen LogP) is -0.792. The molecule has 0 radical (unpaired) electrons. The van der Waals surface area contributed by atoms with Crippen LogP contribution in [0.5, 0.6) is 0 Å². The molecule has 1 unspecified atom stereocenters. The maximum atomic E-state index is 11.6. The molecule has 68 valence electrons. The molecule has 0 aliphatic carbocycles. The van der Waals surface area contributed by atoms with Crippen molar-refractivity contribution in [2.75, 3.05) is 19.8 Å². The van der Waals surface area contributed by atoms with E-state index in [2.05, 4.69) is 10.6 Å². The average Bonchev–Trinajstić information content (AvgIpc) is 2.47. The number of alkyl halides is 1. The third-order valence-electron chi connectivity index (χ3n) is 1.74. The third kappa shape index (κ3) is 2.18. The van der Waals surface area contributed by atoms with Crippen molar-refractivity contribution < 1.29 is 14.0 Å². The van der Waals surface area contributed by atoms with Gasteiger partial charge in [0.1, 0.15) is 6.67 Å². The molecule has 0 aromatic carbocycles. The summed E-state index contributed by atoms with van der Waals surface area (Å²) in [6, 6.07) is 0. The lowest BCUT2D eigenvalue weighted by Crippen LogP contribution is -2.33. The highest BCUT2D eigenvalue weighted by atomic mass is 19.1. The number of hydrogen-bond donors (Lipinski definition) is 2. The maximum Gasteiger partial charge on any atom is 0.225 e. The van der Waals surface area contributed by atoms with Gasteiger partial charge in [-0.25, -0.2) is 4.39 Å². The molecule has 5 heteroatoms. The molecule has 1 rings (SSSR count). The van der Waals surface area contributed by atoms with Crippen LogP contribution in [0.1, 0.15) is 6.42 Å². The van der Waals surface area contributed by atoms with Crippen molar-refractivity contribution in [2.24, 2.45) is 5.92 Å². The van der Waals surface area contributed by atoms with E-state index in [9.17, 15) is 14.0 Å². The summed E-state index contributed by atoms with van der Waals surface area (Å²) in [6.45, 7) is -0.166. The largest absolute Gasteiger partial charge is 0.355 e. The van der Waals surface area contributed by atoms with E-state index in [-0.39, 0.29) is 30.7 Å². The second-order valence-corrected chi connectivity index (χ2v) is 2.69. The number of nitrogens with one attached hydrogen (secondary N) is 2. The molecule has 0 bridgehead atoms. The summed E-state index contributed by atoms with van der Waals surface area (Å²) in [7, 11) is 0. The van der Waals surface area contributed by atoms with Crippen LogP contribution in [-0.4, -0.2) is 31.6 Å². The monoisotopic (exact) mass is 174 g/mol. The summed E-state index contributed by atoms with van der Waals surface area (Å²) in [4.78, 5) is 21.7. The minimum absolute atomic E-state index is 0.0313. The van der Waals surface area contributed by atoms with Gasteiger partial charge in [-0.3, -0.25) is 9.59 Å². The molecule has 1 heterocycles. The van der Waals surface area contributed by atoms with Gasteiger partial charge in [0.25, 0.3) is 0 Å². The molecule has 0 aromatic rings. The Kier molecular flexibility index (Phi) is 3.01. The van der Waals surface area contributed by atoms with Crippen LogP contribution >= 0.6 is 0 Å². The zero-order chi connectivity index (χ0) is 8.97. The Morgan fingerprint density at radius 3 is 3.00 bits per heavy atom. The summed E-state index contributed by atoms with van der Waals surface area (Å²) in [6.07, 6.45) is 0.220. The Morgan fingerprint density at radius 2 is 2.50 bits per heavy atom. The SMILES string of the molecule is O=C1CC(C(=O)NCCF)CN1. The van der Waals surface area contributed by atoms with Crippen molar-refractivity contribution in [1.82, 2.24) is 10.6 Å². The van der Waals surface area contributed by atoms with Gasteiger partial charge in [-0.1, -0.05) is 0 Å². The fourth-order valence-corrected chi connectivity index (χ4v) is 1.11. The fourth-order valence-electron chi connectivity index (χ4n) is 1.11. The van der Waals surface area contributed by atoms with Gasteiger partial charge in [0, 0.05) is 19.5 Å². The van der Waals surface area contributed by atoms with Gasteiger partial charge in [-0.2, -0.15) is 0 Å². The van der Waals surface area contributed by atoms with E-state index >= 15 is 0 Å². The average molecular weight is 174 g/mol. The number of carbonyl (C=O) groups excluding carboxylic acids is 2. The molecule has 0 aromatic heterocycles. The number of amides is 2. The van der Waals surface area contributed by atoms with E-state index in [1.165, 1.54) is 0 Å². The summed E-state index contributed by atoms with van der Waals surface area (Å²) in [5, 5.41) is 4.92. The van der Waals surface area contributed by atoms with Crippen LogP contribution in [0, 0.1) is 5.92 Å². The quantitative estimate of drug-likeness (QED) is 0.589. The highest BCUT2D eigenvalue weighted by Gasteiger charge is 2.27. The van der Waals surface area contributed by atoms with Crippen molar-refractivity contribution in [1.29, 1.82) is 0 Å². The summed E-state index contributed by atoms with van der Waals surface area (Å²) in [5.74, 6) is -0.676. The van der Waals surface area contributed by atoms with Crippen molar-refractivity contribution in [3.63, 3.8) is 0 Å². The van der Waals surface area contributed by atoms with E-state index in [0.29, 0.717) is 6.54 Å². The van der Waals surface area contributed by atoms with Crippen LogP contribution in [-0.2, 0) is 9.59 Å². The summed E-state index contributed by atoms with van der Waals surface area (Å²) in [5.41, 5.74) is 0. The van der Waals surface area contributed by atoms with Gasteiger partial charge in [0.2, 0.25) is 11.8 Å². The molecule has 1 aliphatic rings. The molecular weight excluding hydrogens is 163 g/mol. The van der Waals surface area contributed by atoms with E-state index < -0.39 is 6.67 Å². The number of halogens is 1. The first-order valence-corrected chi connectivity index (χ1v) is 3.84.